The lowest BCUT2D eigenvalue weighted by Gasteiger charge is -2.28. The van der Waals surface area contributed by atoms with Crippen LogP contribution in [0.2, 0.25) is 0 Å². The fraction of sp³-hybridized carbons (Fsp3) is 0.278. The molecule has 1 unspecified atom stereocenters. The van der Waals surface area contributed by atoms with Crippen molar-refractivity contribution in [3.8, 4) is 0 Å². The molecule has 11 heteroatoms. The highest BCUT2D eigenvalue weighted by molar-refractivity contribution is 6.03. The average molecular weight is 417 g/mol. The highest BCUT2D eigenvalue weighted by Crippen LogP contribution is 2.33. The van der Waals surface area contributed by atoms with Crippen molar-refractivity contribution in [1.29, 1.82) is 0 Å². The molecular formula is C18H15F5N4O2. The van der Waals surface area contributed by atoms with Crippen molar-refractivity contribution >= 4 is 23.3 Å². The van der Waals surface area contributed by atoms with Crippen molar-refractivity contribution in [3.63, 3.8) is 0 Å². The third-order valence-electron chi connectivity index (χ3n) is 4.12. The van der Waals surface area contributed by atoms with E-state index in [1.807, 2.05) is 0 Å². The van der Waals surface area contributed by atoms with E-state index in [-0.39, 0.29) is 10.6 Å². The van der Waals surface area contributed by atoms with Crippen LogP contribution in [-0.4, -0.2) is 29.8 Å². The zero-order chi connectivity index (χ0) is 24.0. The summed E-state index contributed by atoms with van der Waals surface area (Å²) in [4.78, 5) is 29.2. The van der Waals surface area contributed by atoms with Gasteiger partial charge in [-0.3, -0.25) is 20.0 Å². The van der Waals surface area contributed by atoms with Crippen molar-refractivity contribution < 1.29 is 35.7 Å². The molecule has 1 aliphatic heterocycles. The Morgan fingerprint density at radius 2 is 2.00 bits per heavy atom. The Labute approximate surface area is 166 Å². The van der Waals surface area contributed by atoms with Crippen LogP contribution in [0.3, 0.4) is 0 Å². The van der Waals surface area contributed by atoms with E-state index >= 15 is 0 Å². The van der Waals surface area contributed by atoms with Crippen LogP contribution in [0.4, 0.5) is 33.5 Å². The number of amides is 2. The summed E-state index contributed by atoms with van der Waals surface area (Å²) < 4.78 is 89.5. The van der Waals surface area contributed by atoms with E-state index in [9.17, 15) is 31.5 Å². The minimum absolute atomic E-state index is 0.0737. The van der Waals surface area contributed by atoms with Crippen LogP contribution in [0.25, 0.3) is 0 Å². The number of alkyl halides is 3. The average Bonchev–Trinajstić information content (AvgIpc) is 3.04. The van der Waals surface area contributed by atoms with Crippen LogP contribution >= 0.6 is 0 Å². The number of likely N-dealkylation sites (N-methyl/N-ethyl adjacent to an activating group) is 1. The molecule has 29 heavy (non-hydrogen) atoms. The zero-order valence-electron chi connectivity index (χ0n) is 17.7. The smallest absolute Gasteiger partial charge is 0.314 e. The Morgan fingerprint density at radius 3 is 2.62 bits per heavy atom. The number of hydrazine groups is 1. The molecule has 1 aromatic carbocycles. The lowest BCUT2D eigenvalue weighted by atomic mass is 10.1. The van der Waals surface area contributed by atoms with E-state index in [1.54, 1.807) is 0 Å². The van der Waals surface area contributed by atoms with Gasteiger partial charge in [0.1, 0.15) is 11.9 Å². The predicted octanol–water partition coefficient (Wildman–Crippen LogP) is 2.96. The Morgan fingerprint density at radius 1 is 1.28 bits per heavy atom. The van der Waals surface area contributed by atoms with E-state index in [4.69, 9.17) is 4.11 Å². The molecule has 154 valence electrons. The lowest BCUT2D eigenvalue weighted by molar-refractivity contribution is -0.137. The Balaban J connectivity index is 2.06. The van der Waals surface area contributed by atoms with Crippen molar-refractivity contribution in [3.05, 3.63) is 53.2 Å². The maximum absolute atomic E-state index is 13.7. The largest absolute Gasteiger partial charge is 0.416 e. The number of pyridine rings is 1. The molecule has 6 nitrogen and oxygen atoms in total. The van der Waals surface area contributed by atoms with Gasteiger partial charge in [-0.25, -0.2) is 13.8 Å². The molecule has 3 rings (SSSR count). The first-order chi connectivity index (χ1) is 14.7. The molecule has 1 aromatic heterocycles. The van der Waals surface area contributed by atoms with Gasteiger partial charge in [0.2, 0.25) is 5.91 Å². The fourth-order valence-corrected chi connectivity index (χ4v) is 2.78. The van der Waals surface area contributed by atoms with Crippen LogP contribution in [0.5, 0.6) is 0 Å². The minimum Gasteiger partial charge on any atom is -0.314 e. The number of rotatable bonds is 3. The molecule has 1 aliphatic rings. The first-order valence-electron chi connectivity index (χ1n) is 9.62. The van der Waals surface area contributed by atoms with Gasteiger partial charge in [-0.1, -0.05) is 0 Å². The molecule has 2 amide bonds. The van der Waals surface area contributed by atoms with Gasteiger partial charge in [-0.2, -0.15) is 13.2 Å². The zero-order valence-corrected chi connectivity index (χ0v) is 14.7. The van der Waals surface area contributed by atoms with Gasteiger partial charge in [0, 0.05) is 28.5 Å². The second-order valence-electron chi connectivity index (χ2n) is 6.25. The maximum atomic E-state index is 13.7. The first-order valence-corrected chi connectivity index (χ1v) is 8.12. The van der Waals surface area contributed by atoms with Crippen LogP contribution in [0, 0.1) is 18.6 Å². The topological polar surface area (TPSA) is 65.5 Å². The Bertz CT molecular complexity index is 1080. The van der Waals surface area contributed by atoms with E-state index < -0.39 is 66.1 Å². The second kappa shape index (κ2) is 7.30. The van der Waals surface area contributed by atoms with Crippen molar-refractivity contribution in [1.82, 2.24) is 10.4 Å². The monoisotopic (exact) mass is 417 g/mol. The highest BCUT2D eigenvalue weighted by atomic mass is 19.4. The number of hydrogen-bond acceptors (Lipinski definition) is 4. The molecule has 2 heterocycles. The van der Waals surface area contributed by atoms with Crippen molar-refractivity contribution in [2.75, 3.05) is 16.9 Å². The molecule has 1 fully saturated rings. The molecule has 0 radical (unpaired) electrons. The molecular weight excluding hydrogens is 399 g/mol. The Kier molecular flexibility index (Phi) is 4.20. The first kappa shape index (κ1) is 16.7. The van der Waals surface area contributed by atoms with Gasteiger partial charge in [0.25, 0.3) is 5.91 Å². The summed E-state index contributed by atoms with van der Waals surface area (Å²) in [6, 6.07) is 1.69. The summed E-state index contributed by atoms with van der Waals surface area (Å²) >= 11 is 0. The quantitative estimate of drug-likeness (QED) is 0.780. The van der Waals surface area contributed by atoms with E-state index in [1.165, 1.54) is 6.92 Å². The number of nitrogens with one attached hydrogen (secondary N) is 1. The number of aryl methyl sites for hydroxylation is 1. The molecule has 0 bridgehead atoms. The van der Waals surface area contributed by atoms with Gasteiger partial charge in [0.15, 0.2) is 11.6 Å². The fourth-order valence-electron chi connectivity index (χ4n) is 2.78. The Hall–Kier alpha value is -3.24. The summed E-state index contributed by atoms with van der Waals surface area (Å²) in [6.45, 7) is -1.92. The SMILES string of the molecule is [2H]C([2H])([2H])N(C(=O)C1CC(=O)NN1c1cc(C(F)(F)F)cc(C)n1)c1ccc(F)c(F)c1. The standard InChI is InChI=1S/C18H15F5N4O2/c1-9-5-10(18(21,22)23)6-15(24-9)27-14(8-16(28)25-27)17(29)26(2)11-3-4-12(19)13(20)7-11/h3-7,14H,8H2,1-2H3,(H,25,28)/i2D3. The molecule has 0 aliphatic carbocycles. The van der Waals surface area contributed by atoms with E-state index in [2.05, 4.69) is 10.4 Å². The normalized spacial score (nSPS) is 18.7. The second-order valence-corrected chi connectivity index (χ2v) is 6.25. The molecule has 1 N–H and O–H groups in total. The number of anilines is 2. The number of nitrogens with zero attached hydrogens (tertiary/aromatic N) is 3. The van der Waals surface area contributed by atoms with Gasteiger partial charge >= 0.3 is 6.18 Å². The number of aromatic nitrogens is 1. The summed E-state index contributed by atoms with van der Waals surface area (Å²) in [7, 11) is 0. The molecule has 2 aromatic rings. The minimum atomic E-state index is -4.75. The highest BCUT2D eigenvalue weighted by Gasteiger charge is 2.40. The van der Waals surface area contributed by atoms with Crippen LogP contribution in [0.15, 0.2) is 30.3 Å². The van der Waals surface area contributed by atoms with Crippen LogP contribution < -0.4 is 15.3 Å². The summed E-state index contributed by atoms with van der Waals surface area (Å²) in [5, 5.41) is 0.728. The molecule has 1 saturated heterocycles. The molecule has 0 spiro atoms. The van der Waals surface area contributed by atoms with Gasteiger partial charge in [-0.05, 0) is 31.2 Å². The van der Waals surface area contributed by atoms with Crippen LogP contribution in [-0.2, 0) is 15.8 Å². The maximum Gasteiger partial charge on any atom is 0.416 e. The van der Waals surface area contributed by atoms with Crippen molar-refractivity contribution in [2.45, 2.75) is 25.6 Å². The third-order valence-corrected chi connectivity index (χ3v) is 4.12. The third kappa shape index (κ3) is 4.13. The van der Waals surface area contributed by atoms with Crippen molar-refractivity contribution in [2.24, 2.45) is 0 Å². The molecule has 0 saturated carbocycles. The van der Waals surface area contributed by atoms with Gasteiger partial charge in [-0.15, -0.1) is 0 Å². The lowest BCUT2D eigenvalue weighted by Crippen LogP contribution is -2.48. The molecule has 1 atom stereocenters. The predicted molar refractivity (Wildman–Crippen MR) is 92.8 cm³/mol. The number of benzene rings is 1. The summed E-state index contributed by atoms with van der Waals surface area (Å²) in [6.07, 6.45) is -5.35. The summed E-state index contributed by atoms with van der Waals surface area (Å²) in [5.41, 5.74) is 0.488. The van der Waals surface area contributed by atoms with E-state index in [0.717, 1.165) is 17.1 Å². The van der Waals surface area contributed by atoms with Gasteiger partial charge in [0.05, 0.1) is 12.0 Å². The van der Waals surface area contributed by atoms with Gasteiger partial charge < -0.3 is 4.90 Å². The number of carbonyl (C=O) groups is 2. The number of hydrogen-bond donors (Lipinski definition) is 1. The number of halogens is 5. The number of carbonyl (C=O) groups excluding carboxylic acids is 2. The van der Waals surface area contributed by atoms with E-state index in [0.29, 0.717) is 18.2 Å². The van der Waals surface area contributed by atoms with Crippen LogP contribution in [0.1, 0.15) is 21.8 Å². The summed E-state index contributed by atoms with van der Waals surface area (Å²) in [5.74, 6) is -5.19.